The third-order valence-corrected chi connectivity index (χ3v) is 8.99. The molecule has 8 rings (SSSR count). The number of aromatic nitrogens is 3. The summed E-state index contributed by atoms with van der Waals surface area (Å²) in [6, 6.07) is 50.6. The quantitative estimate of drug-likeness (QED) is 0.208. The molecule has 5 aromatic carbocycles. The Kier molecular flexibility index (Phi) is 6.32. The monoisotopic (exact) mass is 567 g/mol. The maximum Gasteiger partial charge on any atom is 0.160 e. The summed E-state index contributed by atoms with van der Waals surface area (Å²) in [4.78, 5) is 14.6. The lowest BCUT2D eigenvalue weighted by atomic mass is 10.00. The fourth-order valence-electron chi connectivity index (χ4n) is 5.63. The van der Waals surface area contributed by atoms with Crippen molar-refractivity contribution in [1.29, 1.82) is 0 Å². The second-order valence-corrected chi connectivity index (χ2v) is 11.5. The zero-order valence-electron chi connectivity index (χ0n) is 23.2. The second-order valence-electron chi connectivity index (χ2n) is 10.5. The molecule has 0 saturated heterocycles. The first-order chi connectivity index (χ1) is 21.3. The van der Waals surface area contributed by atoms with Crippen LogP contribution in [0, 0.1) is 0 Å². The van der Waals surface area contributed by atoms with Gasteiger partial charge >= 0.3 is 0 Å². The molecule has 4 heteroatoms. The number of fused-ring (bicyclic) bond motifs is 3. The van der Waals surface area contributed by atoms with Crippen molar-refractivity contribution in [2.45, 2.75) is 0 Å². The highest BCUT2D eigenvalue weighted by atomic mass is 32.1. The van der Waals surface area contributed by atoms with E-state index in [0.29, 0.717) is 5.82 Å². The van der Waals surface area contributed by atoms with Crippen LogP contribution in [-0.2, 0) is 0 Å². The van der Waals surface area contributed by atoms with Gasteiger partial charge in [-0.05, 0) is 41.5 Å². The molecule has 0 bridgehead atoms. The summed E-state index contributed by atoms with van der Waals surface area (Å²) in [5.41, 5.74) is 9.25. The molecule has 0 radical (unpaired) electrons. The molecule has 43 heavy (non-hydrogen) atoms. The van der Waals surface area contributed by atoms with Crippen molar-refractivity contribution in [3.63, 3.8) is 0 Å². The first-order valence-electron chi connectivity index (χ1n) is 14.3. The van der Waals surface area contributed by atoms with Crippen molar-refractivity contribution < 1.29 is 0 Å². The molecule has 0 N–H and O–H groups in total. The van der Waals surface area contributed by atoms with E-state index in [-0.39, 0.29) is 0 Å². The Labute approximate surface area is 253 Å². The maximum absolute atomic E-state index is 5.09. The van der Waals surface area contributed by atoms with Gasteiger partial charge in [0, 0.05) is 48.6 Å². The van der Waals surface area contributed by atoms with Crippen LogP contribution in [0.3, 0.4) is 0 Å². The standard InChI is InChI=1S/C39H25N3S/c1-2-10-27(11-3-1)35-25-36(42-39(41-35)30-13-8-12-29(24-30)34-17-6-7-23-40-34)28-21-19-26(20-22-28)31-15-9-16-33-32-14-4-5-18-37(32)43-38(31)33/h1-25H. The molecule has 0 aliphatic carbocycles. The van der Waals surface area contributed by atoms with E-state index in [2.05, 4.69) is 108 Å². The highest BCUT2D eigenvalue weighted by Gasteiger charge is 2.14. The summed E-state index contributed by atoms with van der Waals surface area (Å²) in [5, 5.41) is 2.62. The Balaban J connectivity index is 1.22. The van der Waals surface area contributed by atoms with Crippen LogP contribution in [0.25, 0.3) is 76.5 Å². The molecule has 0 saturated carbocycles. The number of benzene rings is 5. The average Bonchev–Trinajstić information content (AvgIpc) is 3.48. The van der Waals surface area contributed by atoms with E-state index in [1.807, 2.05) is 60.0 Å². The summed E-state index contributed by atoms with van der Waals surface area (Å²) in [6.45, 7) is 0. The molecular weight excluding hydrogens is 543 g/mol. The number of rotatable bonds is 5. The SMILES string of the molecule is c1ccc(-c2cc(-c3ccc(-c4cccc5c4sc4ccccc45)cc3)nc(-c3cccc(-c4ccccn4)c3)n2)cc1. The van der Waals surface area contributed by atoms with Gasteiger partial charge in [0.25, 0.3) is 0 Å². The van der Waals surface area contributed by atoms with E-state index in [0.717, 1.165) is 39.3 Å². The van der Waals surface area contributed by atoms with Crippen molar-refractivity contribution in [3.05, 3.63) is 152 Å². The zero-order valence-corrected chi connectivity index (χ0v) is 24.0. The van der Waals surface area contributed by atoms with Crippen LogP contribution in [0.4, 0.5) is 0 Å². The smallest absolute Gasteiger partial charge is 0.160 e. The van der Waals surface area contributed by atoms with E-state index in [1.165, 1.54) is 31.3 Å². The van der Waals surface area contributed by atoms with Gasteiger partial charge in [-0.3, -0.25) is 4.98 Å². The minimum Gasteiger partial charge on any atom is -0.256 e. The average molecular weight is 568 g/mol. The number of hydrogen-bond donors (Lipinski definition) is 0. The van der Waals surface area contributed by atoms with Gasteiger partial charge in [-0.15, -0.1) is 11.3 Å². The molecule has 0 aliphatic heterocycles. The lowest BCUT2D eigenvalue weighted by molar-refractivity contribution is 1.18. The molecule has 8 aromatic rings. The fraction of sp³-hybridized carbons (Fsp3) is 0. The third-order valence-electron chi connectivity index (χ3n) is 7.77. The summed E-state index contributed by atoms with van der Waals surface area (Å²) in [6.07, 6.45) is 1.82. The van der Waals surface area contributed by atoms with Crippen LogP contribution in [0.1, 0.15) is 0 Å². The van der Waals surface area contributed by atoms with E-state index < -0.39 is 0 Å². The Morgan fingerprint density at radius 1 is 0.419 bits per heavy atom. The van der Waals surface area contributed by atoms with Crippen molar-refractivity contribution in [1.82, 2.24) is 15.0 Å². The van der Waals surface area contributed by atoms with Crippen molar-refractivity contribution in [3.8, 4) is 56.3 Å². The Hall–Kier alpha value is -5.45. The minimum absolute atomic E-state index is 0.688. The van der Waals surface area contributed by atoms with E-state index in [1.54, 1.807) is 0 Å². The van der Waals surface area contributed by atoms with E-state index in [4.69, 9.17) is 9.97 Å². The largest absolute Gasteiger partial charge is 0.256 e. The van der Waals surface area contributed by atoms with Gasteiger partial charge in [-0.25, -0.2) is 9.97 Å². The molecule has 202 valence electrons. The predicted molar refractivity (Wildman–Crippen MR) is 180 cm³/mol. The second kappa shape index (κ2) is 10.8. The summed E-state index contributed by atoms with van der Waals surface area (Å²) < 4.78 is 2.63. The summed E-state index contributed by atoms with van der Waals surface area (Å²) in [5.74, 6) is 0.688. The minimum atomic E-state index is 0.688. The molecule has 3 heterocycles. The number of thiophene rings is 1. The topological polar surface area (TPSA) is 38.7 Å². The van der Waals surface area contributed by atoms with Crippen molar-refractivity contribution >= 4 is 31.5 Å². The Bertz CT molecular complexity index is 2220. The van der Waals surface area contributed by atoms with Crippen LogP contribution in [-0.4, -0.2) is 15.0 Å². The Morgan fingerprint density at radius 2 is 1.07 bits per heavy atom. The van der Waals surface area contributed by atoms with Gasteiger partial charge in [0.1, 0.15) is 0 Å². The van der Waals surface area contributed by atoms with Crippen LogP contribution in [0.15, 0.2) is 152 Å². The number of pyridine rings is 1. The van der Waals surface area contributed by atoms with Gasteiger partial charge in [-0.1, -0.05) is 115 Å². The highest BCUT2D eigenvalue weighted by molar-refractivity contribution is 7.26. The molecule has 0 aliphatic rings. The molecule has 0 spiro atoms. The maximum atomic E-state index is 5.09. The van der Waals surface area contributed by atoms with E-state index in [9.17, 15) is 0 Å². The number of hydrogen-bond acceptors (Lipinski definition) is 4. The molecule has 0 fully saturated rings. The van der Waals surface area contributed by atoms with Crippen LogP contribution >= 0.6 is 11.3 Å². The van der Waals surface area contributed by atoms with Gasteiger partial charge < -0.3 is 0 Å². The molecule has 3 nitrogen and oxygen atoms in total. The predicted octanol–water partition coefficient (Wildman–Crippen LogP) is 10.6. The zero-order chi connectivity index (χ0) is 28.6. The third kappa shape index (κ3) is 4.78. The lowest BCUT2D eigenvalue weighted by Crippen LogP contribution is -1.96. The molecular formula is C39H25N3S. The molecule has 0 atom stereocenters. The summed E-state index contributed by atoms with van der Waals surface area (Å²) in [7, 11) is 0. The van der Waals surface area contributed by atoms with Crippen LogP contribution < -0.4 is 0 Å². The molecule has 3 aromatic heterocycles. The normalized spacial score (nSPS) is 11.3. The number of nitrogens with zero attached hydrogens (tertiary/aromatic N) is 3. The Morgan fingerprint density at radius 3 is 1.88 bits per heavy atom. The van der Waals surface area contributed by atoms with Gasteiger partial charge in [0.2, 0.25) is 0 Å². The first-order valence-corrected chi connectivity index (χ1v) is 15.1. The van der Waals surface area contributed by atoms with E-state index >= 15 is 0 Å². The van der Waals surface area contributed by atoms with Crippen molar-refractivity contribution in [2.75, 3.05) is 0 Å². The fourth-order valence-corrected chi connectivity index (χ4v) is 6.87. The highest BCUT2D eigenvalue weighted by Crippen LogP contribution is 2.40. The summed E-state index contributed by atoms with van der Waals surface area (Å²) >= 11 is 1.86. The van der Waals surface area contributed by atoms with Crippen molar-refractivity contribution in [2.24, 2.45) is 0 Å². The van der Waals surface area contributed by atoms with Crippen LogP contribution in [0.2, 0.25) is 0 Å². The van der Waals surface area contributed by atoms with Crippen LogP contribution in [0.5, 0.6) is 0 Å². The first kappa shape index (κ1) is 25.3. The van der Waals surface area contributed by atoms with Gasteiger partial charge in [0.05, 0.1) is 17.1 Å². The lowest BCUT2D eigenvalue weighted by Gasteiger charge is -2.11. The molecule has 0 unspecified atom stereocenters. The molecule has 0 amide bonds. The van der Waals surface area contributed by atoms with Gasteiger partial charge in [0.15, 0.2) is 5.82 Å². The van der Waals surface area contributed by atoms with Gasteiger partial charge in [-0.2, -0.15) is 0 Å².